The number of halogens is 4. The molecule has 12 heavy (non-hydrogen) atoms. The van der Waals surface area contributed by atoms with Crippen molar-refractivity contribution in [3.63, 3.8) is 0 Å². The minimum absolute atomic E-state index is 0.0826. The molecular weight excluding hydrogens is 207 g/mol. The van der Waals surface area contributed by atoms with Crippen LogP contribution in [0.3, 0.4) is 0 Å². The van der Waals surface area contributed by atoms with Gasteiger partial charge in [0.2, 0.25) is 0 Å². The predicted octanol–water partition coefficient (Wildman–Crippen LogP) is 2.69. The lowest BCUT2D eigenvalue weighted by atomic mass is 9.88. The van der Waals surface area contributed by atoms with Crippen molar-refractivity contribution in [2.24, 2.45) is 0 Å². The summed E-state index contributed by atoms with van der Waals surface area (Å²) in [5.41, 5.74) is 0. The topological polar surface area (TPSA) is 12.0 Å². The summed E-state index contributed by atoms with van der Waals surface area (Å²) < 4.78 is 24.7. The Bertz CT molecular complexity index is 182. The maximum atomic E-state index is 12.3. The lowest BCUT2D eigenvalue weighted by Gasteiger charge is -2.35. The first-order valence-corrected chi connectivity index (χ1v) is 4.37. The number of hydrogen-bond acceptors (Lipinski definition) is 1. The molecule has 5 heteroatoms. The fourth-order valence-corrected chi connectivity index (χ4v) is 1.26. The molecule has 0 spiro atoms. The second-order valence-electron chi connectivity index (χ2n) is 2.86. The van der Waals surface area contributed by atoms with Crippen molar-refractivity contribution in [1.82, 2.24) is 5.32 Å². The molecule has 1 aliphatic rings. The summed E-state index contributed by atoms with van der Waals surface area (Å²) in [6.45, 7) is 0.448. The van der Waals surface area contributed by atoms with E-state index in [1.807, 2.05) is 0 Å². The molecule has 1 nitrogen and oxygen atoms in total. The SMILES string of the molecule is FC1(F)CC(NCC=C(Cl)Cl)C1. The van der Waals surface area contributed by atoms with Gasteiger partial charge in [0.25, 0.3) is 5.92 Å². The minimum atomic E-state index is -2.47. The van der Waals surface area contributed by atoms with Crippen LogP contribution in [0.15, 0.2) is 10.6 Å². The van der Waals surface area contributed by atoms with E-state index < -0.39 is 5.92 Å². The van der Waals surface area contributed by atoms with Crippen molar-refractivity contribution >= 4 is 23.2 Å². The molecule has 0 radical (unpaired) electrons. The zero-order valence-corrected chi connectivity index (χ0v) is 7.80. The highest BCUT2D eigenvalue weighted by Gasteiger charge is 2.44. The van der Waals surface area contributed by atoms with E-state index >= 15 is 0 Å². The summed E-state index contributed by atoms with van der Waals surface area (Å²) in [6, 6.07) is -0.0936. The van der Waals surface area contributed by atoms with Gasteiger partial charge in [-0.05, 0) is 6.08 Å². The predicted molar refractivity (Wildman–Crippen MR) is 45.8 cm³/mol. The molecule has 1 rings (SSSR count). The van der Waals surface area contributed by atoms with Crippen LogP contribution in [0.5, 0.6) is 0 Å². The smallest absolute Gasteiger partial charge is 0.251 e. The summed E-state index contributed by atoms with van der Waals surface area (Å²) in [5, 5.41) is 2.88. The Balaban J connectivity index is 2.08. The third kappa shape index (κ3) is 3.25. The van der Waals surface area contributed by atoms with E-state index in [0.717, 1.165) is 0 Å². The fourth-order valence-electron chi connectivity index (χ4n) is 1.11. The van der Waals surface area contributed by atoms with Crippen LogP contribution in [0.4, 0.5) is 8.78 Å². The summed E-state index contributed by atoms with van der Waals surface area (Å²) in [4.78, 5) is 0. The van der Waals surface area contributed by atoms with Crippen molar-refractivity contribution in [2.75, 3.05) is 6.54 Å². The van der Waals surface area contributed by atoms with E-state index in [2.05, 4.69) is 5.32 Å². The summed E-state index contributed by atoms with van der Waals surface area (Å²) in [5.74, 6) is -2.47. The molecule has 70 valence electrons. The highest BCUT2D eigenvalue weighted by atomic mass is 35.5. The number of alkyl halides is 2. The number of rotatable bonds is 3. The molecule has 1 fully saturated rings. The Morgan fingerprint density at radius 2 is 2.08 bits per heavy atom. The van der Waals surface area contributed by atoms with Gasteiger partial charge in [-0.2, -0.15) is 0 Å². The highest BCUT2D eigenvalue weighted by molar-refractivity contribution is 6.55. The van der Waals surface area contributed by atoms with Gasteiger partial charge in [0.1, 0.15) is 4.49 Å². The van der Waals surface area contributed by atoms with Gasteiger partial charge in [0, 0.05) is 25.4 Å². The molecule has 0 aromatic rings. The van der Waals surface area contributed by atoms with E-state index in [1.54, 1.807) is 6.08 Å². The van der Waals surface area contributed by atoms with Gasteiger partial charge in [0.15, 0.2) is 0 Å². The Morgan fingerprint density at radius 3 is 2.50 bits per heavy atom. The first kappa shape index (κ1) is 10.2. The van der Waals surface area contributed by atoms with Crippen LogP contribution in [-0.2, 0) is 0 Å². The standard InChI is InChI=1S/C7H9Cl2F2N/c8-6(9)1-2-12-5-3-7(10,11)4-5/h1,5,12H,2-4H2. The normalized spacial score (nSPS) is 21.7. The number of nitrogens with one attached hydrogen (secondary N) is 1. The maximum Gasteiger partial charge on any atom is 0.251 e. The summed E-state index contributed by atoms with van der Waals surface area (Å²) in [7, 11) is 0. The minimum Gasteiger partial charge on any atom is -0.310 e. The summed E-state index contributed by atoms with van der Waals surface area (Å²) in [6.07, 6.45) is 1.38. The van der Waals surface area contributed by atoms with Crippen LogP contribution in [0.2, 0.25) is 0 Å². The molecule has 0 unspecified atom stereocenters. The lowest BCUT2D eigenvalue weighted by molar-refractivity contribution is -0.0919. The molecular formula is C7H9Cl2F2N. The van der Waals surface area contributed by atoms with Gasteiger partial charge in [0.05, 0.1) is 0 Å². The van der Waals surface area contributed by atoms with Crippen molar-refractivity contribution in [3.05, 3.63) is 10.6 Å². The molecule has 0 aromatic heterocycles. The van der Waals surface area contributed by atoms with Crippen LogP contribution in [0.25, 0.3) is 0 Å². The fraction of sp³-hybridized carbons (Fsp3) is 0.714. The average Bonchev–Trinajstić information content (AvgIpc) is 1.82. The lowest BCUT2D eigenvalue weighted by Crippen LogP contribution is -2.48. The largest absolute Gasteiger partial charge is 0.310 e. The van der Waals surface area contributed by atoms with Gasteiger partial charge in [-0.25, -0.2) is 8.78 Å². The number of hydrogen-bond donors (Lipinski definition) is 1. The third-order valence-electron chi connectivity index (χ3n) is 1.75. The van der Waals surface area contributed by atoms with Crippen LogP contribution < -0.4 is 5.32 Å². The third-order valence-corrected chi connectivity index (χ3v) is 2.06. The first-order chi connectivity index (χ1) is 5.49. The molecule has 1 saturated carbocycles. The molecule has 0 aliphatic heterocycles. The van der Waals surface area contributed by atoms with E-state index in [0.29, 0.717) is 6.54 Å². The maximum absolute atomic E-state index is 12.3. The Morgan fingerprint density at radius 1 is 1.50 bits per heavy atom. The Labute approximate surface area is 79.7 Å². The van der Waals surface area contributed by atoms with E-state index in [9.17, 15) is 8.78 Å². The van der Waals surface area contributed by atoms with Crippen molar-refractivity contribution in [1.29, 1.82) is 0 Å². The molecule has 0 atom stereocenters. The Kier molecular flexibility index (Phi) is 3.32. The van der Waals surface area contributed by atoms with Crippen LogP contribution in [0, 0.1) is 0 Å². The van der Waals surface area contributed by atoms with E-state index in [4.69, 9.17) is 23.2 Å². The van der Waals surface area contributed by atoms with Gasteiger partial charge in [-0.3, -0.25) is 0 Å². The van der Waals surface area contributed by atoms with Gasteiger partial charge in [-0.15, -0.1) is 0 Å². The van der Waals surface area contributed by atoms with Crippen molar-refractivity contribution in [3.8, 4) is 0 Å². The van der Waals surface area contributed by atoms with Gasteiger partial charge >= 0.3 is 0 Å². The summed E-state index contributed by atoms with van der Waals surface area (Å²) >= 11 is 10.6. The van der Waals surface area contributed by atoms with Gasteiger partial charge in [-0.1, -0.05) is 23.2 Å². The zero-order valence-electron chi connectivity index (χ0n) is 6.29. The molecule has 0 amide bonds. The van der Waals surface area contributed by atoms with Crippen LogP contribution in [0.1, 0.15) is 12.8 Å². The zero-order chi connectivity index (χ0) is 9.19. The van der Waals surface area contributed by atoms with E-state index in [-0.39, 0.29) is 23.4 Å². The van der Waals surface area contributed by atoms with Crippen molar-refractivity contribution < 1.29 is 8.78 Å². The van der Waals surface area contributed by atoms with Crippen LogP contribution in [-0.4, -0.2) is 18.5 Å². The Hall–Kier alpha value is 0.140. The first-order valence-electron chi connectivity index (χ1n) is 3.62. The molecule has 1 aliphatic carbocycles. The van der Waals surface area contributed by atoms with Gasteiger partial charge < -0.3 is 5.32 Å². The molecule has 0 bridgehead atoms. The molecule has 0 saturated heterocycles. The highest BCUT2D eigenvalue weighted by Crippen LogP contribution is 2.37. The quantitative estimate of drug-likeness (QED) is 0.764. The molecule has 1 N–H and O–H groups in total. The second-order valence-corrected chi connectivity index (χ2v) is 3.87. The molecule has 0 aromatic carbocycles. The van der Waals surface area contributed by atoms with Crippen LogP contribution >= 0.6 is 23.2 Å². The second kappa shape index (κ2) is 3.90. The average molecular weight is 216 g/mol. The van der Waals surface area contributed by atoms with E-state index in [1.165, 1.54) is 0 Å². The van der Waals surface area contributed by atoms with Crippen molar-refractivity contribution in [2.45, 2.75) is 24.8 Å². The molecule has 0 heterocycles. The monoisotopic (exact) mass is 215 g/mol.